The van der Waals surface area contributed by atoms with Crippen LogP contribution >= 0.6 is 34.4 Å². The van der Waals surface area contributed by atoms with E-state index < -0.39 is 0 Å². The van der Waals surface area contributed by atoms with Gasteiger partial charge in [-0.2, -0.15) is 8.75 Å². The van der Waals surface area contributed by atoms with Gasteiger partial charge in [0.1, 0.15) is 22.7 Å². The fourth-order valence-electron chi connectivity index (χ4n) is 5.16. The van der Waals surface area contributed by atoms with Gasteiger partial charge < -0.3 is 22.1 Å². The Morgan fingerprint density at radius 2 is 1.04 bits per heavy atom. The fourth-order valence-corrected chi connectivity index (χ4v) is 7.90. The zero-order valence-electron chi connectivity index (χ0n) is 25.4. The minimum Gasteiger partial charge on any atom is -0.396 e. The third-order valence-corrected chi connectivity index (χ3v) is 10.8. The van der Waals surface area contributed by atoms with Gasteiger partial charge in [0.15, 0.2) is 0 Å². The van der Waals surface area contributed by atoms with E-state index in [1.54, 1.807) is 12.1 Å². The van der Waals surface area contributed by atoms with Gasteiger partial charge in [0.05, 0.1) is 23.1 Å². The summed E-state index contributed by atoms with van der Waals surface area (Å²) in [6.45, 7) is 8.30. The summed E-state index contributed by atoms with van der Waals surface area (Å²) in [7, 11) is 0. The second-order valence-electron chi connectivity index (χ2n) is 11.2. The monoisotopic (exact) mass is 660 g/mol. The van der Waals surface area contributed by atoms with Gasteiger partial charge in [-0.05, 0) is 87.4 Å². The van der Waals surface area contributed by atoms with E-state index in [1.165, 1.54) is 34.8 Å². The first-order chi connectivity index (χ1) is 21.7. The highest BCUT2D eigenvalue weighted by atomic mass is 32.1. The number of anilines is 4. The highest BCUT2D eigenvalue weighted by Gasteiger charge is 2.24. The van der Waals surface area contributed by atoms with E-state index in [4.69, 9.17) is 11.5 Å². The molecule has 11 heteroatoms. The van der Waals surface area contributed by atoms with Crippen molar-refractivity contribution in [3.05, 3.63) is 72.3 Å². The Bertz CT molecular complexity index is 1860. The van der Waals surface area contributed by atoms with Crippen molar-refractivity contribution < 1.29 is 8.78 Å². The Balaban J connectivity index is 1.34. The molecule has 0 saturated heterocycles. The molecule has 3 heterocycles. The highest BCUT2D eigenvalue weighted by molar-refractivity contribution is 7.19. The van der Waals surface area contributed by atoms with Gasteiger partial charge in [0.25, 0.3) is 0 Å². The molecule has 6 aromatic rings. The third-order valence-electron chi connectivity index (χ3n) is 8.02. The lowest BCUT2D eigenvalue weighted by Crippen LogP contribution is -2.13. The van der Waals surface area contributed by atoms with E-state index in [1.807, 2.05) is 36.4 Å². The second-order valence-corrected chi connectivity index (χ2v) is 13.9. The molecule has 0 aliphatic carbocycles. The minimum atomic E-state index is -0.300. The summed E-state index contributed by atoms with van der Waals surface area (Å²) in [4.78, 5) is 3.18. The summed E-state index contributed by atoms with van der Waals surface area (Å²) in [5, 5.41) is 6.63. The molecule has 3 aromatic carbocycles. The van der Waals surface area contributed by atoms with Crippen LogP contribution in [0.5, 0.6) is 0 Å². The van der Waals surface area contributed by atoms with Gasteiger partial charge in [-0.15, -0.1) is 22.7 Å². The van der Waals surface area contributed by atoms with Crippen molar-refractivity contribution in [3.8, 4) is 41.8 Å². The van der Waals surface area contributed by atoms with Crippen molar-refractivity contribution in [1.82, 2.24) is 8.75 Å². The standard InChI is InChI=1S/C34H34F2N6S3/c1-5-17(3)39-19-7-9-21(23(35)15-19)25-11-13-27(43-25)29-31(37)32(38)30(34-33(29)41-45-42-34)28-14-12-26(44-28)22-10-8-20(16-24(22)36)40-18(4)6-2/h7-18,39-40H,5-6,37-38H2,1-4H3. The highest BCUT2D eigenvalue weighted by Crippen LogP contribution is 2.49. The topological polar surface area (TPSA) is 102 Å². The van der Waals surface area contributed by atoms with Gasteiger partial charge >= 0.3 is 0 Å². The molecule has 6 nitrogen and oxygen atoms in total. The number of nitrogens with one attached hydrogen (secondary N) is 2. The lowest BCUT2D eigenvalue weighted by molar-refractivity contribution is 0.631. The van der Waals surface area contributed by atoms with Crippen LogP contribution in [-0.4, -0.2) is 20.8 Å². The molecule has 0 saturated carbocycles. The normalized spacial score (nSPS) is 12.8. The number of nitrogen functional groups attached to an aromatic ring is 2. The van der Waals surface area contributed by atoms with Crippen LogP contribution in [0, 0.1) is 11.6 Å². The first-order valence-corrected chi connectivity index (χ1v) is 17.2. The number of benzene rings is 3. The largest absolute Gasteiger partial charge is 0.396 e. The molecule has 0 aliphatic heterocycles. The number of halogens is 2. The van der Waals surface area contributed by atoms with Crippen LogP contribution in [0.15, 0.2) is 60.7 Å². The first-order valence-electron chi connectivity index (χ1n) is 14.8. The zero-order chi connectivity index (χ0) is 31.8. The third kappa shape index (κ3) is 5.99. The molecule has 0 radical (unpaired) electrons. The lowest BCUT2D eigenvalue weighted by atomic mass is 10.0. The Morgan fingerprint density at radius 1 is 0.644 bits per heavy atom. The molecule has 232 valence electrons. The summed E-state index contributed by atoms with van der Waals surface area (Å²) in [6.07, 6.45) is 1.88. The molecule has 6 rings (SSSR count). The molecule has 0 fully saturated rings. The Morgan fingerprint density at radius 3 is 1.42 bits per heavy atom. The summed E-state index contributed by atoms with van der Waals surface area (Å²) in [6, 6.07) is 18.6. The van der Waals surface area contributed by atoms with Gasteiger partial charge in [-0.3, -0.25) is 0 Å². The molecule has 2 atom stereocenters. The predicted molar refractivity (Wildman–Crippen MR) is 190 cm³/mol. The quantitative estimate of drug-likeness (QED) is 0.109. The maximum absolute atomic E-state index is 15.2. The molecule has 0 bridgehead atoms. The molecular weight excluding hydrogens is 627 g/mol. The number of hydrogen-bond acceptors (Lipinski definition) is 9. The van der Waals surface area contributed by atoms with Gasteiger partial charge in [-0.25, -0.2) is 8.78 Å². The Kier molecular flexibility index (Phi) is 8.76. The summed E-state index contributed by atoms with van der Waals surface area (Å²) >= 11 is 3.93. The minimum absolute atomic E-state index is 0.250. The van der Waals surface area contributed by atoms with Gasteiger partial charge in [0, 0.05) is 65.2 Å². The number of aromatic nitrogens is 2. The van der Waals surface area contributed by atoms with Crippen LogP contribution in [-0.2, 0) is 0 Å². The van der Waals surface area contributed by atoms with Crippen LogP contribution in [0.3, 0.4) is 0 Å². The van der Waals surface area contributed by atoms with Crippen LogP contribution in [0.4, 0.5) is 31.5 Å². The van der Waals surface area contributed by atoms with Crippen LogP contribution < -0.4 is 22.1 Å². The van der Waals surface area contributed by atoms with Crippen molar-refractivity contribution in [2.24, 2.45) is 0 Å². The molecule has 0 aliphatic rings. The number of rotatable bonds is 10. The van der Waals surface area contributed by atoms with E-state index in [-0.39, 0.29) is 23.7 Å². The molecule has 0 amide bonds. The van der Waals surface area contributed by atoms with Crippen molar-refractivity contribution in [3.63, 3.8) is 0 Å². The summed E-state index contributed by atoms with van der Waals surface area (Å²) in [5.74, 6) is -0.599. The number of nitrogens with zero attached hydrogens (tertiary/aromatic N) is 2. The smallest absolute Gasteiger partial charge is 0.133 e. The van der Waals surface area contributed by atoms with E-state index >= 15 is 8.78 Å². The summed E-state index contributed by atoms with van der Waals surface area (Å²) in [5.41, 5.74) is 19.3. The molecule has 45 heavy (non-hydrogen) atoms. The second kappa shape index (κ2) is 12.7. The number of fused-ring (bicyclic) bond motifs is 1. The van der Waals surface area contributed by atoms with E-state index in [0.29, 0.717) is 44.7 Å². The Hall–Kier alpha value is -4.06. The van der Waals surface area contributed by atoms with Crippen molar-refractivity contribution >= 4 is 68.2 Å². The number of hydrogen-bond donors (Lipinski definition) is 4. The Labute approximate surface area is 273 Å². The van der Waals surface area contributed by atoms with Crippen LogP contribution in [0.2, 0.25) is 0 Å². The molecule has 2 unspecified atom stereocenters. The molecule has 3 aromatic heterocycles. The average Bonchev–Trinajstić information content (AvgIpc) is 3.80. The number of nitrogens with two attached hydrogens (primary N) is 2. The maximum atomic E-state index is 15.2. The van der Waals surface area contributed by atoms with Gasteiger partial charge in [0.2, 0.25) is 0 Å². The van der Waals surface area contributed by atoms with Crippen LogP contribution in [0.25, 0.3) is 52.8 Å². The van der Waals surface area contributed by atoms with E-state index in [2.05, 4.69) is 47.1 Å². The molecule has 6 N–H and O–H groups in total. The first kappa shape index (κ1) is 30.9. The van der Waals surface area contributed by atoms with Crippen LogP contribution in [0.1, 0.15) is 40.5 Å². The zero-order valence-corrected chi connectivity index (χ0v) is 27.8. The van der Waals surface area contributed by atoms with Crippen molar-refractivity contribution in [2.45, 2.75) is 52.6 Å². The lowest BCUT2D eigenvalue weighted by Gasteiger charge is -2.14. The maximum Gasteiger partial charge on any atom is 0.133 e. The SMILES string of the molecule is CCC(C)Nc1ccc(-c2ccc(-c3c(N)c(N)c(-c4ccc(-c5ccc(NC(C)CC)cc5F)s4)c4nsnc34)s2)c(F)c1. The van der Waals surface area contributed by atoms with Crippen molar-refractivity contribution in [2.75, 3.05) is 22.1 Å². The molecule has 0 spiro atoms. The predicted octanol–water partition coefficient (Wildman–Crippen LogP) is 10.3. The van der Waals surface area contributed by atoms with Gasteiger partial charge in [-0.1, -0.05) is 13.8 Å². The molecular formula is C34H34F2N6S3. The fraction of sp³-hybridized carbons (Fsp3) is 0.235. The number of thiophene rings is 2. The average molecular weight is 661 g/mol. The van der Waals surface area contributed by atoms with E-state index in [9.17, 15) is 0 Å². The van der Waals surface area contributed by atoms with Crippen molar-refractivity contribution in [1.29, 1.82) is 0 Å². The summed E-state index contributed by atoms with van der Waals surface area (Å²) < 4.78 is 39.6. The van der Waals surface area contributed by atoms with E-state index in [0.717, 1.165) is 55.5 Å².